The number of amides is 1. The summed E-state index contributed by atoms with van der Waals surface area (Å²) >= 11 is 0. The Balaban J connectivity index is 1.83. The smallest absolute Gasteiger partial charge is 0.416 e. The number of rotatable bonds is 3. The molecule has 7 heteroatoms. The summed E-state index contributed by atoms with van der Waals surface area (Å²) in [6, 6.07) is 4.89. The highest BCUT2D eigenvalue weighted by molar-refractivity contribution is 5.92. The maximum Gasteiger partial charge on any atom is 0.416 e. The molecule has 1 saturated carbocycles. The van der Waals surface area contributed by atoms with Gasteiger partial charge in [0.1, 0.15) is 0 Å². The van der Waals surface area contributed by atoms with Gasteiger partial charge in [-0.25, -0.2) is 0 Å². The van der Waals surface area contributed by atoms with E-state index in [9.17, 15) is 22.8 Å². The molecule has 0 aromatic heterocycles. The molecule has 1 heterocycles. The second-order valence-electron chi connectivity index (χ2n) is 6.24. The molecule has 0 bridgehead atoms. The Hall–Kier alpha value is -2.05. The van der Waals surface area contributed by atoms with Crippen molar-refractivity contribution in [3.8, 4) is 0 Å². The lowest BCUT2D eigenvalue weighted by Gasteiger charge is -2.24. The number of alkyl halides is 3. The third-order valence-corrected chi connectivity index (χ3v) is 4.73. The third kappa shape index (κ3) is 2.80. The number of halogens is 3. The summed E-state index contributed by atoms with van der Waals surface area (Å²) in [5, 5.41) is 9.01. The highest BCUT2D eigenvalue weighted by atomic mass is 19.4. The predicted octanol–water partition coefficient (Wildman–Crippen LogP) is 2.67. The second-order valence-corrected chi connectivity index (χ2v) is 6.24. The van der Waals surface area contributed by atoms with E-state index in [1.54, 1.807) is 6.07 Å². The van der Waals surface area contributed by atoms with E-state index in [0.29, 0.717) is 31.4 Å². The summed E-state index contributed by atoms with van der Waals surface area (Å²) in [7, 11) is 0. The van der Waals surface area contributed by atoms with Gasteiger partial charge in [-0.05, 0) is 30.9 Å². The molecule has 0 radical (unpaired) electrons. The molecular formula is C16H16F3NO3. The van der Waals surface area contributed by atoms with Gasteiger partial charge in [-0.15, -0.1) is 0 Å². The van der Waals surface area contributed by atoms with E-state index in [0.717, 1.165) is 12.1 Å². The first-order valence-electron chi connectivity index (χ1n) is 7.44. The first kappa shape index (κ1) is 15.8. The van der Waals surface area contributed by atoms with Gasteiger partial charge in [0.2, 0.25) is 5.91 Å². The van der Waals surface area contributed by atoms with Gasteiger partial charge in [-0.1, -0.05) is 18.2 Å². The van der Waals surface area contributed by atoms with Crippen molar-refractivity contribution in [3.63, 3.8) is 0 Å². The normalized spacial score (nSPS) is 22.9. The van der Waals surface area contributed by atoms with Crippen molar-refractivity contribution in [1.29, 1.82) is 0 Å². The number of carboxylic acid groups (broad SMARTS) is 1. The number of hydrogen-bond acceptors (Lipinski definition) is 2. The van der Waals surface area contributed by atoms with E-state index in [4.69, 9.17) is 5.11 Å². The van der Waals surface area contributed by atoms with Crippen molar-refractivity contribution >= 4 is 11.9 Å². The Morgan fingerprint density at radius 1 is 1.26 bits per heavy atom. The van der Waals surface area contributed by atoms with Crippen LogP contribution in [0.5, 0.6) is 0 Å². The molecule has 1 aromatic rings. The fraction of sp³-hybridized carbons (Fsp3) is 0.500. The molecule has 2 fully saturated rings. The molecule has 23 heavy (non-hydrogen) atoms. The Morgan fingerprint density at radius 2 is 1.96 bits per heavy atom. The molecular weight excluding hydrogens is 311 g/mol. The highest BCUT2D eigenvalue weighted by Crippen LogP contribution is 2.51. The number of carbonyl (C=O) groups excluding carboxylic acids is 1. The number of benzene rings is 1. The number of carboxylic acids is 1. The third-order valence-electron chi connectivity index (χ3n) is 4.73. The van der Waals surface area contributed by atoms with Gasteiger partial charge in [0.15, 0.2) is 0 Å². The largest absolute Gasteiger partial charge is 0.481 e. The van der Waals surface area contributed by atoms with Crippen molar-refractivity contribution in [2.45, 2.75) is 30.9 Å². The van der Waals surface area contributed by atoms with Crippen LogP contribution in [0.25, 0.3) is 0 Å². The van der Waals surface area contributed by atoms with Crippen LogP contribution in [0.15, 0.2) is 24.3 Å². The van der Waals surface area contributed by atoms with Gasteiger partial charge in [0.05, 0.1) is 16.9 Å². The molecule has 1 N–H and O–H groups in total. The Kier molecular flexibility index (Phi) is 3.61. The first-order chi connectivity index (χ1) is 10.7. The van der Waals surface area contributed by atoms with Crippen LogP contribution < -0.4 is 0 Å². The molecule has 1 atom stereocenters. The highest BCUT2D eigenvalue weighted by Gasteiger charge is 2.54. The Labute approximate surface area is 130 Å². The topological polar surface area (TPSA) is 57.6 Å². The molecule has 124 valence electrons. The van der Waals surface area contributed by atoms with E-state index in [1.807, 2.05) is 0 Å². The van der Waals surface area contributed by atoms with E-state index in [2.05, 4.69) is 0 Å². The lowest BCUT2D eigenvalue weighted by Crippen LogP contribution is -2.38. The first-order valence-corrected chi connectivity index (χ1v) is 7.44. The fourth-order valence-corrected chi connectivity index (χ4v) is 3.19. The minimum absolute atomic E-state index is 0.134. The lowest BCUT2D eigenvalue weighted by atomic mass is 9.92. The Morgan fingerprint density at radius 3 is 2.48 bits per heavy atom. The summed E-state index contributed by atoms with van der Waals surface area (Å²) in [6.45, 7) is 0.478. The molecule has 0 spiro atoms. The van der Waals surface area contributed by atoms with Crippen LogP contribution in [-0.4, -0.2) is 35.0 Å². The number of aliphatic carboxylic acids is 1. The predicted molar refractivity (Wildman–Crippen MR) is 74.7 cm³/mol. The van der Waals surface area contributed by atoms with Gasteiger partial charge in [-0.2, -0.15) is 13.2 Å². The molecule has 4 nitrogen and oxygen atoms in total. The number of likely N-dealkylation sites (tertiary alicyclic amines) is 1. The Bertz CT molecular complexity index is 652. The van der Waals surface area contributed by atoms with E-state index < -0.39 is 29.0 Å². The summed E-state index contributed by atoms with van der Waals surface area (Å²) in [5.74, 6) is -1.78. The monoisotopic (exact) mass is 327 g/mol. The van der Waals surface area contributed by atoms with Crippen LogP contribution in [0, 0.1) is 5.92 Å². The zero-order valence-electron chi connectivity index (χ0n) is 12.3. The van der Waals surface area contributed by atoms with Crippen molar-refractivity contribution in [3.05, 3.63) is 35.4 Å². The van der Waals surface area contributed by atoms with Gasteiger partial charge >= 0.3 is 12.1 Å². The molecule has 2 aliphatic rings. The molecule has 1 saturated heterocycles. The minimum Gasteiger partial charge on any atom is -0.481 e. The number of nitrogens with zero attached hydrogens (tertiary/aromatic N) is 1. The molecule has 1 aromatic carbocycles. The van der Waals surface area contributed by atoms with Gasteiger partial charge in [0.25, 0.3) is 0 Å². The zero-order valence-corrected chi connectivity index (χ0v) is 12.3. The van der Waals surface area contributed by atoms with E-state index in [1.165, 1.54) is 11.0 Å². The van der Waals surface area contributed by atoms with Crippen LogP contribution in [0.1, 0.15) is 30.4 Å². The summed E-state index contributed by atoms with van der Waals surface area (Å²) < 4.78 is 38.6. The van der Waals surface area contributed by atoms with Crippen molar-refractivity contribution in [1.82, 2.24) is 4.90 Å². The summed E-state index contributed by atoms with van der Waals surface area (Å²) in [4.78, 5) is 25.2. The standard InChI is InChI=1S/C16H16F3NO3/c17-16(18,19)12-3-1-2-11(8-12)15(5-6-15)14(23)20-7-4-10(9-20)13(21)22/h1-3,8,10H,4-7,9H2,(H,21,22). The average Bonchev–Trinajstić information content (AvgIpc) is 3.15. The lowest BCUT2D eigenvalue weighted by molar-refractivity contribution is -0.142. The van der Waals surface area contributed by atoms with Gasteiger partial charge in [-0.3, -0.25) is 9.59 Å². The SMILES string of the molecule is O=C(O)C1CCN(C(=O)C2(c3cccc(C(F)(F)F)c3)CC2)C1. The van der Waals surface area contributed by atoms with Crippen LogP contribution in [0.2, 0.25) is 0 Å². The number of carbonyl (C=O) groups is 2. The summed E-state index contributed by atoms with van der Waals surface area (Å²) in [6.07, 6.45) is -3.06. The van der Waals surface area contributed by atoms with Crippen LogP contribution in [0.3, 0.4) is 0 Å². The van der Waals surface area contributed by atoms with Crippen molar-refractivity contribution in [2.24, 2.45) is 5.92 Å². The molecule has 3 rings (SSSR count). The van der Waals surface area contributed by atoms with Crippen LogP contribution in [-0.2, 0) is 21.2 Å². The van der Waals surface area contributed by atoms with E-state index in [-0.39, 0.29) is 12.5 Å². The molecule has 1 amide bonds. The second kappa shape index (κ2) is 5.25. The van der Waals surface area contributed by atoms with Gasteiger partial charge < -0.3 is 10.0 Å². The number of hydrogen-bond donors (Lipinski definition) is 1. The van der Waals surface area contributed by atoms with Crippen LogP contribution >= 0.6 is 0 Å². The minimum atomic E-state index is -4.45. The van der Waals surface area contributed by atoms with Crippen molar-refractivity contribution < 1.29 is 27.9 Å². The quantitative estimate of drug-likeness (QED) is 0.928. The molecule has 1 aliphatic carbocycles. The van der Waals surface area contributed by atoms with E-state index >= 15 is 0 Å². The van der Waals surface area contributed by atoms with Crippen LogP contribution in [0.4, 0.5) is 13.2 Å². The fourth-order valence-electron chi connectivity index (χ4n) is 3.19. The average molecular weight is 327 g/mol. The molecule has 1 unspecified atom stereocenters. The maximum atomic E-state index is 12.9. The molecule has 1 aliphatic heterocycles. The summed E-state index contributed by atoms with van der Waals surface area (Å²) in [5.41, 5.74) is -1.30. The van der Waals surface area contributed by atoms with Crippen molar-refractivity contribution in [2.75, 3.05) is 13.1 Å². The zero-order chi connectivity index (χ0) is 16.8. The maximum absolute atomic E-state index is 12.9. The van der Waals surface area contributed by atoms with Gasteiger partial charge in [0, 0.05) is 13.1 Å².